The van der Waals surface area contributed by atoms with Crippen molar-refractivity contribution < 1.29 is 22.7 Å². The lowest BCUT2D eigenvalue weighted by atomic mass is 10.1. The highest BCUT2D eigenvalue weighted by Crippen LogP contribution is 2.33. The van der Waals surface area contributed by atoms with Gasteiger partial charge in [-0.1, -0.05) is 13.8 Å². The van der Waals surface area contributed by atoms with Gasteiger partial charge in [-0.05, 0) is 18.9 Å². The summed E-state index contributed by atoms with van der Waals surface area (Å²) < 4.78 is 44.9. The first-order valence-corrected chi connectivity index (χ1v) is 7.42. The van der Waals surface area contributed by atoms with Gasteiger partial charge in [-0.2, -0.15) is 18.3 Å². The van der Waals surface area contributed by atoms with Crippen LogP contribution in [0.15, 0.2) is 11.4 Å². The molecule has 0 aliphatic rings. The zero-order valence-electron chi connectivity index (χ0n) is 12.1. The van der Waals surface area contributed by atoms with E-state index in [0.717, 1.165) is 22.1 Å². The van der Waals surface area contributed by atoms with Crippen LogP contribution in [-0.2, 0) is 10.9 Å². The van der Waals surface area contributed by atoms with Crippen molar-refractivity contribution in [3.63, 3.8) is 0 Å². The van der Waals surface area contributed by atoms with Crippen LogP contribution in [0.1, 0.15) is 48.6 Å². The van der Waals surface area contributed by atoms with E-state index in [9.17, 15) is 18.0 Å². The van der Waals surface area contributed by atoms with Crippen LogP contribution in [0.25, 0.3) is 5.13 Å². The molecule has 2 aromatic heterocycles. The lowest BCUT2D eigenvalue weighted by molar-refractivity contribution is -0.142. The zero-order valence-corrected chi connectivity index (χ0v) is 13.0. The van der Waals surface area contributed by atoms with Gasteiger partial charge in [-0.15, -0.1) is 11.3 Å². The summed E-state index contributed by atoms with van der Waals surface area (Å²) >= 11 is 0.901. The maximum absolute atomic E-state index is 13.1. The number of rotatable bonds is 4. The number of thiazole rings is 1. The summed E-state index contributed by atoms with van der Waals surface area (Å²) in [6, 6.07) is 0.996. The van der Waals surface area contributed by atoms with E-state index in [-0.39, 0.29) is 23.4 Å². The minimum atomic E-state index is -4.56. The Morgan fingerprint density at radius 2 is 2.14 bits per heavy atom. The number of esters is 1. The number of carbonyl (C=O) groups excluding carboxylic acids is 1. The van der Waals surface area contributed by atoms with Crippen molar-refractivity contribution in [2.24, 2.45) is 0 Å². The molecule has 0 saturated heterocycles. The molecule has 9 heteroatoms. The van der Waals surface area contributed by atoms with Crippen LogP contribution in [0.3, 0.4) is 0 Å². The summed E-state index contributed by atoms with van der Waals surface area (Å²) in [5.41, 5.74) is -0.641. The molecule has 0 aliphatic heterocycles. The Labute approximate surface area is 128 Å². The van der Waals surface area contributed by atoms with Crippen molar-refractivity contribution >= 4 is 17.3 Å². The van der Waals surface area contributed by atoms with Gasteiger partial charge in [-0.25, -0.2) is 14.5 Å². The average Bonchev–Trinajstić information content (AvgIpc) is 3.05. The van der Waals surface area contributed by atoms with Crippen molar-refractivity contribution in [2.75, 3.05) is 6.61 Å². The van der Waals surface area contributed by atoms with Gasteiger partial charge in [0.15, 0.2) is 11.4 Å². The number of halogens is 3. The number of carbonyl (C=O) groups is 1. The van der Waals surface area contributed by atoms with Gasteiger partial charge in [-0.3, -0.25) is 0 Å². The first-order valence-electron chi connectivity index (χ1n) is 6.54. The van der Waals surface area contributed by atoms with Crippen LogP contribution in [0.5, 0.6) is 0 Å². The molecule has 0 aromatic carbocycles. The van der Waals surface area contributed by atoms with E-state index in [4.69, 9.17) is 4.74 Å². The minimum Gasteiger partial charge on any atom is -0.461 e. The maximum Gasteiger partial charge on any atom is 0.433 e. The minimum absolute atomic E-state index is 0.0257. The standard InChI is InChI=1S/C13H14F3N3O2S/c1-4-21-11(20)9-6-22-12(17-9)19-10(13(14,15)16)5-8(18-19)7(2)3/h5-7H,4H2,1-3H3. The largest absolute Gasteiger partial charge is 0.461 e. The van der Waals surface area contributed by atoms with E-state index in [1.807, 2.05) is 0 Å². The molecule has 5 nitrogen and oxygen atoms in total. The second-order valence-electron chi connectivity index (χ2n) is 4.75. The third kappa shape index (κ3) is 3.29. The Morgan fingerprint density at radius 1 is 1.45 bits per heavy atom. The highest BCUT2D eigenvalue weighted by atomic mass is 32.1. The van der Waals surface area contributed by atoms with Gasteiger partial charge in [0, 0.05) is 5.38 Å². The molecule has 0 spiro atoms. The Kier molecular flexibility index (Phi) is 4.55. The van der Waals surface area contributed by atoms with Gasteiger partial charge >= 0.3 is 12.1 Å². The Morgan fingerprint density at radius 3 is 2.68 bits per heavy atom. The van der Waals surface area contributed by atoms with E-state index in [0.29, 0.717) is 5.69 Å². The highest BCUT2D eigenvalue weighted by Gasteiger charge is 2.37. The molecule has 2 aromatic rings. The predicted octanol–water partition coefficient (Wildman–Crippen LogP) is 3.65. The second kappa shape index (κ2) is 6.07. The number of hydrogen-bond acceptors (Lipinski definition) is 5. The monoisotopic (exact) mass is 333 g/mol. The summed E-state index contributed by atoms with van der Waals surface area (Å²) in [4.78, 5) is 15.4. The maximum atomic E-state index is 13.1. The number of nitrogens with zero attached hydrogens (tertiary/aromatic N) is 3. The number of hydrogen-bond donors (Lipinski definition) is 0. The van der Waals surface area contributed by atoms with Crippen molar-refractivity contribution in [3.05, 3.63) is 28.5 Å². The van der Waals surface area contributed by atoms with Crippen LogP contribution >= 0.6 is 11.3 Å². The van der Waals surface area contributed by atoms with Crippen molar-refractivity contribution in [2.45, 2.75) is 32.9 Å². The summed E-state index contributed by atoms with van der Waals surface area (Å²) in [5, 5.41) is 5.28. The summed E-state index contributed by atoms with van der Waals surface area (Å²) in [7, 11) is 0. The Balaban J connectivity index is 2.46. The lowest BCUT2D eigenvalue weighted by Gasteiger charge is -2.07. The number of alkyl halides is 3. The molecule has 0 amide bonds. The second-order valence-corrected chi connectivity index (χ2v) is 5.59. The van der Waals surface area contributed by atoms with Gasteiger partial charge in [0.25, 0.3) is 0 Å². The molecule has 0 fully saturated rings. The topological polar surface area (TPSA) is 57.0 Å². The molecular formula is C13H14F3N3O2S. The van der Waals surface area contributed by atoms with Gasteiger partial charge in [0.1, 0.15) is 0 Å². The Bertz CT molecular complexity index is 676. The number of aromatic nitrogens is 3. The molecule has 120 valence electrons. The number of ether oxygens (including phenoxy) is 1. The molecule has 22 heavy (non-hydrogen) atoms. The molecule has 0 atom stereocenters. The van der Waals surface area contributed by atoms with Gasteiger partial charge in [0.2, 0.25) is 5.13 Å². The quantitative estimate of drug-likeness (QED) is 0.802. The Hall–Kier alpha value is -1.90. The van der Waals surface area contributed by atoms with Crippen LogP contribution in [0, 0.1) is 0 Å². The van der Waals surface area contributed by atoms with Crippen LogP contribution < -0.4 is 0 Å². The molecular weight excluding hydrogens is 319 g/mol. The smallest absolute Gasteiger partial charge is 0.433 e. The first-order chi connectivity index (χ1) is 10.2. The fraction of sp³-hybridized carbons (Fsp3) is 0.462. The molecule has 0 saturated carbocycles. The third-order valence-corrected chi connectivity index (χ3v) is 3.58. The molecule has 0 unspecified atom stereocenters. The average molecular weight is 333 g/mol. The van der Waals surface area contributed by atoms with E-state index >= 15 is 0 Å². The molecule has 0 radical (unpaired) electrons. The highest BCUT2D eigenvalue weighted by molar-refractivity contribution is 7.12. The fourth-order valence-corrected chi connectivity index (χ4v) is 2.45. The molecule has 0 N–H and O–H groups in total. The van der Waals surface area contributed by atoms with E-state index < -0.39 is 17.8 Å². The predicted molar refractivity (Wildman–Crippen MR) is 74.3 cm³/mol. The van der Waals surface area contributed by atoms with Crippen molar-refractivity contribution in [1.29, 1.82) is 0 Å². The van der Waals surface area contributed by atoms with Crippen LogP contribution in [-0.4, -0.2) is 27.3 Å². The first kappa shape index (κ1) is 16.5. The van der Waals surface area contributed by atoms with Gasteiger partial charge in [0.05, 0.1) is 12.3 Å². The molecule has 2 heterocycles. The van der Waals surface area contributed by atoms with Gasteiger partial charge < -0.3 is 4.74 Å². The van der Waals surface area contributed by atoms with Crippen molar-refractivity contribution in [1.82, 2.24) is 14.8 Å². The molecule has 0 bridgehead atoms. The van der Waals surface area contributed by atoms with E-state index in [1.165, 1.54) is 5.38 Å². The zero-order chi connectivity index (χ0) is 16.5. The van der Waals surface area contributed by atoms with E-state index in [1.54, 1.807) is 20.8 Å². The molecule has 2 rings (SSSR count). The summed E-state index contributed by atoms with van der Waals surface area (Å²) in [6.07, 6.45) is -4.56. The summed E-state index contributed by atoms with van der Waals surface area (Å²) in [5.74, 6) is -0.832. The SMILES string of the molecule is CCOC(=O)c1csc(-n2nc(C(C)C)cc2C(F)(F)F)n1. The lowest BCUT2D eigenvalue weighted by Crippen LogP contribution is -2.13. The normalized spacial score (nSPS) is 12.0. The molecule has 0 aliphatic carbocycles. The third-order valence-electron chi connectivity index (χ3n) is 2.77. The van der Waals surface area contributed by atoms with Crippen LogP contribution in [0.2, 0.25) is 0 Å². The summed E-state index contributed by atoms with van der Waals surface area (Å²) in [6.45, 7) is 5.30. The van der Waals surface area contributed by atoms with Crippen LogP contribution in [0.4, 0.5) is 13.2 Å². The van der Waals surface area contributed by atoms with E-state index in [2.05, 4.69) is 10.1 Å². The fourth-order valence-electron chi connectivity index (χ4n) is 1.69. The van der Waals surface area contributed by atoms with Crippen molar-refractivity contribution in [3.8, 4) is 5.13 Å².